The summed E-state index contributed by atoms with van der Waals surface area (Å²) in [6, 6.07) is 2.86. The van der Waals surface area contributed by atoms with E-state index in [-0.39, 0.29) is 18.1 Å². The molecular weight excluding hydrogens is 266 g/mol. The molecule has 1 amide bonds. The molecule has 1 aromatic rings. The molecule has 20 heavy (non-hydrogen) atoms. The summed E-state index contributed by atoms with van der Waals surface area (Å²) in [6.45, 7) is 0.637. The maximum Gasteiger partial charge on any atom is 0.224 e. The van der Waals surface area contributed by atoms with Gasteiger partial charge in [0.1, 0.15) is 11.6 Å². The van der Waals surface area contributed by atoms with Crippen LogP contribution in [0.25, 0.3) is 0 Å². The van der Waals surface area contributed by atoms with E-state index in [1.54, 1.807) is 0 Å². The molecule has 4 nitrogen and oxygen atoms in total. The van der Waals surface area contributed by atoms with Crippen molar-refractivity contribution in [3.8, 4) is 0 Å². The van der Waals surface area contributed by atoms with Crippen LogP contribution in [0.4, 0.5) is 8.78 Å². The second kappa shape index (κ2) is 6.09. The Hall–Kier alpha value is -1.82. The summed E-state index contributed by atoms with van der Waals surface area (Å²) in [5.74, 6) is -2.28. The van der Waals surface area contributed by atoms with Gasteiger partial charge in [-0.15, -0.1) is 0 Å². The van der Waals surface area contributed by atoms with Gasteiger partial charge >= 0.3 is 0 Å². The number of nitrogens with two attached hydrogens (primary N) is 1. The van der Waals surface area contributed by atoms with Crippen molar-refractivity contribution in [1.82, 2.24) is 5.32 Å². The van der Waals surface area contributed by atoms with Gasteiger partial charge in [0.2, 0.25) is 5.91 Å². The summed E-state index contributed by atoms with van der Waals surface area (Å²) < 4.78 is 26.3. The van der Waals surface area contributed by atoms with Gasteiger partial charge in [-0.25, -0.2) is 8.78 Å². The van der Waals surface area contributed by atoms with Crippen molar-refractivity contribution in [2.45, 2.75) is 25.3 Å². The van der Waals surface area contributed by atoms with Crippen LogP contribution in [-0.4, -0.2) is 24.3 Å². The number of carbonyl (C=O) groups excluding carboxylic acids is 2. The number of nitrogens with one attached hydrogen (secondary N) is 1. The smallest absolute Gasteiger partial charge is 0.224 e. The quantitative estimate of drug-likeness (QED) is 0.789. The topological polar surface area (TPSA) is 72.2 Å². The largest absolute Gasteiger partial charge is 0.369 e. The molecule has 0 spiro atoms. The first-order valence-electron chi connectivity index (χ1n) is 6.45. The van der Waals surface area contributed by atoms with Crippen molar-refractivity contribution in [3.05, 3.63) is 35.4 Å². The van der Waals surface area contributed by atoms with Crippen molar-refractivity contribution < 1.29 is 18.4 Å². The van der Waals surface area contributed by atoms with Gasteiger partial charge in [0.15, 0.2) is 5.78 Å². The highest BCUT2D eigenvalue weighted by Crippen LogP contribution is 2.23. The summed E-state index contributed by atoms with van der Waals surface area (Å²) in [7, 11) is 0. The minimum Gasteiger partial charge on any atom is -0.369 e. The molecule has 1 heterocycles. The fourth-order valence-corrected chi connectivity index (χ4v) is 2.67. The molecule has 0 aromatic heterocycles. The summed E-state index contributed by atoms with van der Waals surface area (Å²) in [4.78, 5) is 22.7. The molecule has 0 bridgehead atoms. The summed E-state index contributed by atoms with van der Waals surface area (Å²) in [5.41, 5.74) is 5.52. The standard InChI is InChI=1S/C14H16F2N2O2/c15-10-4-8(5-11(16)6-10)3-9-1-2-18-14(9)12(19)7-13(17)20/h4-6,9,14,18H,1-3,7H2,(H2,17,20)/t9-,14?/m1/s1. The monoisotopic (exact) mass is 282 g/mol. The van der Waals surface area contributed by atoms with Crippen molar-refractivity contribution in [2.24, 2.45) is 11.7 Å². The molecule has 2 rings (SSSR count). The molecule has 0 saturated carbocycles. The Morgan fingerprint density at radius 2 is 1.90 bits per heavy atom. The number of hydrogen-bond acceptors (Lipinski definition) is 3. The van der Waals surface area contributed by atoms with Crippen molar-refractivity contribution in [1.29, 1.82) is 0 Å². The Bertz CT molecular complexity index is 514. The highest BCUT2D eigenvalue weighted by molar-refractivity contribution is 6.00. The number of rotatable bonds is 5. The predicted molar refractivity (Wildman–Crippen MR) is 68.8 cm³/mol. The van der Waals surface area contributed by atoms with E-state index < -0.39 is 23.6 Å². The number of ketones is 1. The maximum absolute atomic E-state index is 13.1. The van der Waals surface area contributed by atoms with Crippen LogP contribution in [0.2, 0.25) is 0 Å². The normalized spacial score (nSPS) is 21.9. The molecule has 0 radical (unpaired) electrons. The minimum atomic E-state index is -0.667. The number of carbonyl (C=O) groups is 2. The highest BCUT2D eigenvalue weighted by Gasteiger charge is 2.33. The number of hydrogen-bond donors (Lipinski definition) is 2. The van der Waals surface area contributed by atoms with Crippen LogP contribution < -0.4 is 11.1 Å². The molecule has 3 N–H and O–H groups in total. The molecule has 1 aliphatic rings. The fraction of sp³-hybridized carbons (Fsp3) is 0.429. The highest BCUT2D eigenvalue weighted by atomic mass is 19.1. The second-order valence-corrected chi connectivity index (χ2v) is 5.07. The Morgan fingerprint density at radius 3 is 2.50 bits per heavy atom. The lowest BCUT2D eigenvalue weighted by Crippen LogP contribution is -2.38. The molecule has 1 aliphatic heterocycles. The van der Waals surface area contributed by atoms with Crippen LogP contribution in [0.1, 0.15) is 18.4 Å². The Labute approximate surface area is 115 Å². The zero-order valence-electron chi connectivity index (χ0n) is 10.9. The summed E-state index contributed by atoms with van der Waals surface area (Å²) in [5, 5.41) is 3.02. The molecule has 1 saturated heterocycles. The molecule has 0 aliphatic carbocycles. The van der Waals surface area contributed by atoms with Gasteiger partial charge in [0, 0.05) is 6.07 Å². The van der Waals surface area contributed by atoms with E-state index in [0.717, 1.165) is 6.07 Å². The van der Waals surface area contributed by atoms with E-state index in [1.807, 2.05) is 0 Å². The number of benzene rings is 1. The SMILES string of the molecule is NC(=O)CC(=O)C1NCC[C@@H]1Cc1cc(F)cc(F)c1. The van der Waals surface area contributed by atoms with Gasteiger partial charge in [0.05, 0.1) is 12.5 Å². The zero-order valence-corrected chi connectivity index (χ0v) is 10.9. The predicted octanol–water partition coefficient (Wildman–Crippen LogP) is 0.930. The average molecular weight is 282 g/mol. The zero-order chi connectivity index (χ0) is 14.7. The van der Waals surface area contributed by atoms with Crippen molar-refractivity contribution in [3.63, 3.8) is 0 Å². The van der Waals surface area contributed by atoms with Crippen LogP contribution in [-0.2, 0) is 16.0 Å². The van der Waals surface area contributed by atoms with Crippen LogP contribution in [0, 0.1) is 17.6 Å². The number of Topliss-reactive ketones (excluding diaryl/α,β-unsaturated/α-hetero) is 1. The van der Waals surface area contributed by atoms with Crippen LogP contribution in [0.5, 0.6) is 0 Å². The number of primary amides is 1. The van der Waals surface area contributed by atoms with Gasteiger partial charge in [-0.2, -0.15) is 0 Å². The first-order chi connectivity index (χ1) is 9.45. The lowest BCUT2D eigenvalue weighted by atomic mass is 9.89. The minimum absolute atomic E-state index is 0.0805. The first kappa shape index (κ1) is 14.6. The van der Waals surface area contributed by atoms with Crippen LogP contribution in [0.3, 0.4) is 0 Å². The van der Waals surface area contributed by atoms with Crippen LogP contribution in [0.15, 0.2) is 18.2 Å². The van der Waals surface area contributed by atoms with Gasteiger partial charge in [0.25, 0.3) is 0 Å². The van der Waals surface area contributed by atoms with Crippen molar-refractivity contribution in [2.75, 3.05) is 6.54 Å². The Balaban J connectivity index is 2.07. The second-order valence-electron chi connectivity index (χ2n) is 5.07. The third-order valence-corrected chi connectivity index (χ3v) is 3.47. The third kappa shape index (κ3) is 3.60. The molecule has 108 valence electrons. The molecule has 2 atom stereocenters. The lowest BCUT2D eigenvalue weighted by molar-refractivity contribution is -0.127. The molecule has 1 fully saturated rings. The van der Waals surface area contributed by atoms with E-state index in [4.69, 9.17) is 5.73 Å². The number of amides is 1. The van der Waals surface area contributed by atoms with E-state index in [0.29, 0.717) is 24.9 Å². The number of halogens is 2. The van der Waals surface area contributed by atoms with Gasteiger partial charge in [-0.1, -0.05) is 0 Å². The summed E-state index contributed by atoms with van der Waals surface area (Å²) >= 11 is 0. The summed E-state index contributed by atoms with van der Waals surface area (Å²) in [6.07, 6.45) is 0.788. The third-order valence-electron chi connectivity index (χ3n) is 3.47. The van der Waals surface area contributed by atoms with E-state index in [2.05, 4.69) is 5.32 Å². The first-order valence-corrected chi connectivity index (χ1v) is 6.45. The molecule has 6 heteroatoms. The van der Waals surface area contributed by atoms with Crippen LogP contribution >= 0.6 is 0 Å². The molecular formula is C14H16F2N2O2. The molecule has 1 aromatic carbocycles. The van der Waals surface area contributed by atoms with E-state index in [9.17, 15) is 18.4 Å². The van der Waals surface area contributed by atoms with E-state index >= 15 is 0 Å². The Morgan fingerprint density at radius 1 is 1.25 bits per heavy atom. The Kier molecular flexibility index (Phi) is 4.44. The fourth-order valence-electron chi connectivity index (χ4n) is 2.67. The van der Waals surface area contributed by atoms with Gasteiger partial charge in [-0.05, 0) is 43.0 Å². The van der Waals surface area contributed by atoms with Gasteiger partial charge in [-0.3, -0.25) is 9.59 Å². The van der Waals surface area contributed by atoms with Crippen molar-refractivity contribution >= 4 is 11.7 Å². The maximum atomic E-state index is 13.1. The molecule has 1 unspecified atom stereocenters. The lowest BCUT2D eigenvalue weighted by Gasteiger charge is -2.18. The van der Waals surface area contributed by atoms with E-state index in [1.165, 1.54) is 12.1 Å². The average Bonchev–Trinajstić information content (AvgIpc) is 2.74. The van der Waals surface area contributed by atoms with Gasteiger partial charge < -0.3 is 11.1 Å².